The Bertz CT molecular complexity index is 215. The Morgan fingerprint density at radius 1 is 1.54 bits per heavy atom. The molecule has 13 heavy (non-hydrogen) atoms. The molecule has 0 spiro atoms. The van der Waals surface area contributed by atoms with Gasteiger partial charge in [0, 0.05) is 13.1 Å². The second-order valence-electron chi connectivity index (χ2n) is 4.28. The van der Waals surface area contributed by atoms with Gasteiger partial charge in [0.15, 0.2) is 0 Å². The van der Waals surface area contributed by atoms with Crippen LogP contribution in [0.15, 0.2) is 12.2 Å². The summed E-state index contributed by atoms with van der Waals surface area (Å²) < 4.78 is 5.27. The monoisotopic (exact) mass is 183 g/mol. The highest BCUT2D eigenvalue weighted by Gasteiger charge is 2.25. The maximum Gasteiger partial charge on any atom is 0.311 e. The minimum absolute atomic E-state index is 0.0968. The Labute approximate surface area is 79.2 Å². The Morgan fingerprint density at radius 3 is 2.69 bits per heavy atom. The molecule has 0 saturated heterocycles. The molecule has 74 valence electrons. The Balaban J connectivity index is 2.44. The maximum atomic E-state index is 11.4. The lowest BCUT2D eigenvalue weighted by Gasteiger charge is -2.23. The zero-order valence-corrected chi connectivity index (χ0v) is 8.46. The van der Waals surface area contributed by atoms with Gasteiger partial charge >= 0.3 is 5.97 Å². The van der Waals surface area contributed by atoms with Crippen molar-refractivity contribution in [2.45, 2.75) is 26.9 Å². The summed E-state index contributed by atoms with van der Waals surface area (Å²) >= 11 is 0. The number of hydrogen-bond acceptors (Lipinski definition) is 3. The summed E-state index contributed by atoms with van der Waals surface area (Å²) in [4.78, 5) is 11.4. The predicted octanol–water partition coefficient (Wildman–Crippen LogP) is 1.10. The van der Waals surface area contributed by atoms with E-state index in [1.54, 1.807) is 0 Å². The van der Waals surface area contributed by atoms with E-state index in [0.717, 1.165) is 13.1 Å². The van der Waals surface area contributed by atoms with Crippen molar-refractivity contribution >= 4 is 5.97 Å². The Morgan fingerprint density at radius 2 is 2.23 bits per heavy atom. The number of hydrogen-bond donors (Lipinski definition) is 1. The molecule has 0 fully saturated rings. The first-order valence-electron chi connectivity index (χ1n) is 4.58. The van der Waals surface area contributed by atoms with Gasteiger partial charge in [0.25, 0.3) is 0 Å². The molecule has 1 atom stereocenters. The normalized spacial score (nSPS) is 22.8. The maximum absolute atomic E-state index is 11.4. The fourth-order valence-electron chi connectivity index (χ4n) is 0.992. The topological polar surface area (TPSA) is 38.3 Å². The average Bonchev–Trinajstić information content (AvgIpc) is 2.04. The molecule has 3 heteroatoms. The van der Waals surface area contributed by atoms with E-state index in [1.165, 1.54) is 0 Å². The van der Waals surface area contributed by atoms with E-state index in [1.807, 2.05) is 32.9 Å². The van der Waals surface area contributed by atoms with E-state index in [-0.39, 0.29) is 12.1 Å². The van der Waals surface area contributed by atoms with Gasteiger partial charge in [-0.05, 0) is 26.8 Å². The van der Waals surface area contributed by atoms with Gasteiger partial charge in [-0.3, -0.25) is 4.79 Å². The Hall–Kier alpha value is -0.830. The fraction of sp³-hybridized carbons (Fsp3) is 0.700. The third-order valence-electron chi connectivity index (χ3n) is 1.83. The van der Waals surface area contributed by atoms with Gasteiger partial charge in [0.2, 0.25) is 0 Å². The first-order chi connectivity index (χ1) is 6.00. The van der Waals surface area contributed by atoms with Crippen LogP contribution in [0.25, 0.3) is 0 Å². The SMILES string of the molecule is CC(C)(C)C(=O)O[C@H]1C=CCNC1. The number of carbonyl (C=O) groups excluding carboxylic acids is 1. The molecular formula is C10H17NO2. The third kappa shape index (κ3) is 3.19. The molecular weight excluding hydrogens is 166 g/mol. The summed E-state index contributed by atoms with van der Waals surface area (Å²) in [7, 11) is 0. The summed E-state index contributed by atoms with van der Waals surface area (Å²) in [6, 6.07) is 0. The lowest BCUT2D eigenvalue weighted by molar-refractivity contribution is -0.156. The van der Waals surface area contributed by atoms with Crippen molar-refractivity contribution in [2.75, 3.05) is 13.1 Å². The minimum atomic E-state index is -0.411. The lowest BCUT2D eigenvalue weighted by atomic mass is 9.97. The van der Waals surface area contributed by atoms with Crippen molar-refractivity contribution in [3.8, 4) is 0 Å². The molecule has 0 amide bonds. The molecule has 0 saturated carbocycles. The van der Waals surface area contributed by atoms with Crippen LogP contribution in [0.4, 0.5) is 0 Å². The number of esters is 1. The quantitative estimate of drug-likeness (QED) is 0.489. The zero-order chi connectivity index (χ0) is 9.90. The van der Waals surface area contributed by atoms with Gasteiger partial charge in [-0.2, -0.15) is 0 Å². The van der Waals surface area contributed by atoms with Crippen LogP contribution in [0.5, 0.6) is 0 Å². The molecule has 1 aliphatic rings. The molecule has 0 radical (unpaired) electrons. The van der Waals surface area contributed by atoms with E-state index in [4.69, 9.17) is 4.74 Å². The number of ether oxygens (including phenoxy) is 1. The molecule has 0 bridgehead atoms. The molecule has 1 heterocycles. The van der Waals surface area contributed by atoms with E-state index in [2.05, 4.69) is 5.32 Å². The average molecular weight is 183 g/mol. The van der Waals surface area contributed by atoms with Crippen molar-refractivity contribution in [1.29, 1.82) is 0 Å². The molecule has 0 aromatic carbocycles. The van der Waals surface area contributed by atoms with Crippen molar-refractivity contribution in [3.05, 3.63) is 12.2 Å². The molecule has 0 aromatic rings. The molecule has 1 rings (SSSR count). The third-order valence-corrected chi connectivity index (χ3v) is 1.83. The van der Waals surface area contributed by atoms with Crippen LogP contribution < -0.4 is 5.32 Å². The lowest BCUT2D eigenvalue weighted by Crippen LogP contribution is -2.36. The fourth-order valence-corrected chi connectivity index (χ4v) is 0.992. The van der Waals surface area contributed by atoms with E-state index >= 15 is 0 Å². The van der Waals surface area contributed by atoms with Gasteiger partial charge < -0.3 is 10.1 Å². The first-order valence-corrected chi connectivity index (χ1v) is 4.58. The van der Waals surface area contributed by atoms with Crippen LogP contribution >= 0.6 is 0 Å². The van der Waals surface area contributed by atoms with Gasteiger partial charge in [0.05, 0.1) is 5.41 Å². The minimum Gasteiger partial charge on any atom is -0.456 e. The van der Waals surface area contributed by atoms with E-state index in [0.29, 0.717) is 0 Å². The van der Waals surface area contributed by atoms with Crippen LogP contribution in [0.1, 0.15) is 20.8 Å². The standard InChI is InChI=1S/C10H17NO2/c1-10(2,3)9(12)13-8-5-4-6-11-7-8/h4-5,8,11H,6-7H2,1-3H3/t8-/m0/s1. The zero-order valence-electron chi connectivity index (χ0n) is 8.46. The number of rotatable bonds is 1. The summed E-state index contributed by atoms with van der Waals surface area (Å²) in [5.41, 5.74) is -0.411. The summed E-state index contributed by atoms with van der Waals surface area (Å²) in [5, 5.41) is 3.13. The molecule has 0 unspecified atom stereocenters. The van der Waals surface area contributed by atoms with Crippen molar-refractivity contribution in [3.63, 3.8) is 0 Å². The number of nitrogens with one attached hydrogen (secondary N) is 1. The molecule has 1 N–H and O–H groups in total. The van der Waals surface area contributed by atoms with Crippen LogP contribution in [0, 0.1) is 5.41 Å². The Kier molecular flexibility index (Phi) is 3.09. The van der Waals surface area contributed by atoms with Crippen molar-refractivity contribution in [1.82, 2.24) is 5.32 Å². The van der Waals surface area contributed by atoms with Crippen molar-refractivity contribution < 1.29 is 9.53 Å². The predicted molar refractivity (Wildman–Crippen MR) is 51.3 cm³/mol. The summed E-state index contributed by atoms with van der Waals surface area (Å²) in [6.07, 6.45) is 3.81. The summed E-state index contributed by atoms with van der Waals surface area (Å²) in [5.74, 6) is -0.147. The largest absolute Gasteiger partial charge is 0.456 e. The molecule has 1 aliphatic heterocycles. The van der Waals surface area contributed by atoms with Gasteiger partial charge in [-0.25, -0.2) is 0 Å². The molecule has 3 nitrogen and oxygen atoms in total. The van der Waals surface area contributed by atoms with E-state index < -0.39 is 5.41 Å². The molecule has 0 aromatic heterocycles. The highest BCUT2D eigenvalue weighted by atomic mass is 16.5. The second kappa shape index (κ2) is 3.92. The number of carbonyl (C=O) groups is 1. The smallest absolute Gasteiger partial charge is 0.311 e. The van der Waals surface area contributed by atoms with Crippen LogP contribution in [0.3, 0.4) is 0 Å². The molecule has 0 aliphatic carbocycles. The van der Waals surface area contributed by atoms with Gasteiger partial charge in [-0.15, -0.1) is 0 Å². The highest BCUT2D eigenvalue weighted by molar-refractivity contribution is 5.75. The van der Waals surface area contributed by atoms with E-state index in [9.17, 15) is 4.79 Å². The van der Waals surface area contributed by atoms with Crippen LogP contribution in [-0.2, 0) is 9.53 Å². The summed E-state index contributed by atoms with van der Waals surface area (Å²) in [6.45, 7) is 7.15. The van der Waals surface area contributed by atoms with Crippen LogP contribution in [-0.4, -0.2) is 25.2 Å². The first kappa shape index (κ1) is 10.3. The van der Waals surface area contributed by atoms with Gasteiger partial charge in [-0.1, -0.05) is 6.08 Å². The van der Waals surface area contributed by atoms with Crippen LogP contribution in [0.2, 0.25) is 0 Å². The van der Waals surface area contributed by atoms with Crippen molar-refractivity contribution in [2.24, 2.45) is 5.41 Å². The second-order valence-corrected chi connectivity index (χ2v) is 4.28. The van der Waals surface area contributed by atoms with Gasteiger partial charge in [0.1, 0.15) is 6.10 Å². The highest BCUT2D eigenvalue weighted by Crippen LogP contribution is 2.16.